The molecule has 0 fully saturated rings. The number of hydrogen-bond acceptors (Lipinski definition) is 4. The van der Waals surface area contributed by atoms with E-state index in [2.05, 4.69) is 0 Å². The summed E-state index contributed by atoms with van der Waals surface area (Å²) in [6.07, 6.45) is 0.0296. The van der Waals surface area contributed by atoms with Crippen LogP contribution in [0.5, 0.6) is 0 Å². The van der Waals surface area contributed by atoms with Crippen molar-refractivity contribution in [2.75, 3.05) is 5.75 Å². The molecule has 0 unspecified atom stereocenters. The molecule has 0 bridgehead atoms. The number of hydrogen-bond donors (Lipinski definition) is 2. The third-order valence-electron chi connectivity index (χ3n) is 2.86. The van der Waals surface area contributed by atoms with Gasteiger partial charge in [0.25, 0.3) is 10.0 Å². The van der Waals surface area contributed by atoms with E-state index < -0.39 is 26.6 Å². The lowest BCUT2D eigenvalue weighted by molar-refractivity contribution is -0.121. The topological polar surface area (TPSA) is 75.3 Å². The van der Waals surface area contributed by atoms with Gasteiger partial charge in [-0.25, -0.2) is 17.2 Å². The monoisotopic (exact) mass is 372 g/mol. The van der Waals surface area contributed by atoms with Crippen LogP contribution in [0.25, 0.3) is 0 Å². The Morgan fingerprint density at radius 2 is 1.71 bits per heavy atom. The minimum Gasteiger partial charge on any atom is -0.278 e. The van der Waals surface area contributed by atoms with Crippen LogP contribution in [-0.4, -0.2) is 20.1 Å². The van der Waals surface area contributed by atoms with Crippen LogP contribution in [0.2, 0.25) is 0 Å². The minimum atomic E-state index is -4.17. The van der Waals surface area contributed by atoms with Crippen molar-refractivity contribution < 1.29 is 22.0 Å². The van der Waals surface area contributed by atoms with Gasteiger partial charge in [0.05, 0.1) is 0 Å². The lowest BCUT2D eigenvalue weighted by Crippen LogP contribution is -2.41. The van der Waals surface area contributed by atoms with Gasteiger partial charge in [-0.15, -0.1) is 16.6 Å². The van der Waals surface area contributed by atoms with Gasteiger partial charge in [0, 0.05) is 17.1 Å². The highest BCUT2D eigenvalue weighted by molar-refractivity contribution is 7.99. The van der Waals surface area contributed by atoms with E-state index in [0.29, 0.717) is 5.75 Å². The second-order valence-corrected chi connectivity index (χ2v) is 7.46. The van der Waals surface area contributed by atoms with Crippen molar-refractivity contribution in [3.63, 3.8) is 0 Å². The molecule has 0 spiro atoms. The van der Waals surface area contributed by atoms with Crippen LogP contribution in [-0.2, 0) is 14.8 Å². The van der Waals surface area contributed by atoms with Gasteiger partial charge in [0.1, 0.15) is 16.5 Å². The molecule has 0 atom stereocenters. The van der Waals surface area contributed by atoms with Crippen LogP contribution in [0.4, 0.5) is 8.78 Å². The molecule has 0 radical (unpaired) electrons. The zero-order chi connectivity index (χ0) is 17.6. The van der Waals surface area contributed by atoms with Crippen molar-refractivity contribution in [1.29, 1.82) is 0 Å². The maximum Gasteiger partial charge on any atom is 0.260 e. The number of sulfonamides is 1. The zero-order valence-electron chi connectivity index (χ0n) is 12.3. The van der Waals surface area contributed by atoms with Gasteiger partial charge in [-0.2, -0.15) is 0 Å². The van der Waals surface area contributed by atoms with Crippen molar-refractivity contribution in [2.45, 2.75) is 16.2 Å². The summed E-state index contributed by atoms with van der Waals surface area (Å²) in [6, 6.07) is 10.6. The highest BCUT2D eigenvalue weighted by Gasteiger charge is 2.18. The van der Waals surface area contributed by atoms with E-state index in [1.54, 1.807) is 12.1 Å². The van der Waals surface area contributed by atoms with E-state index in [1.165, 1.54) is 36.0 Å². The van der Waals surface area contributed by atoms with E-state index in [0.717, 1.165) is 17.0 Å². The first-order valence-electron chi connectivity index (χ1n) is 6.82. The summed E-state index contributed by atoms with van der Waals surface area (Å²) in [5, 5.41) is 0. The van der Waals surface area contributed by atoms with Crippen molar-refractivity contribution in [3.8, 4) is 0 Å². The van der Waals surface area contributed by atoms with Crippen LogP contribution in [0.15, 0.2) is 58.3 Å². The number of carbonyl (C=O) groups excluding carboxylic acids is 1. The number of carbonyl (C=O) groups is 1. The molecule has 5 nitrogen and oxygen atoms in total. The Hall–Kier alpha value is -1.97. The fraction of sp³-hybridized carbons (Fsp3) is 0.133. The molecule has 0 heterocycles. The number of nitrogens with one attached hydrogen (secondary N) is 2. The molecule has 128 valence electrons. The summed E-state index contributed by atoms with van der Waals surface area (Å²) in [5.41, 5.74) is 2.03. The van der Waals surface area contributed by atoms with Crippen molar-refractivity contribution >= 4 is 27.7 Å². The zero-order valence-corrected chi connectivity index (χ0v) is 14.0. The molecule has 2 aromatic carbocycles. The Bertz CT molecular complexity index is 812. The maximum absolute atomic E-state index is 13.5. The Morgan fingerprint density at radius 3 is 2.38 bits per heavy atom. The summed E-state index contributed by atoms with van der Waals surface area (Å²) in [6.45, 7) is 0. The molecule has 0 saturated carbocycles. The minimum absolute atomic E-state index is 0.0296. The quantitative estimate of drug-likeness (QED) is 0.578. The van der Waals surface area contributed by atoms with Gasteiger partial charge in [-0.3, -0.25) is 10.2 Å². The highest BCUT2D eigenvalue weighted by Crippen LogP contribution is 2.18. The van der Waals surface area contributed by atoms with E-state index in [1.807, 2.05) is 10.3 Å². The molecule has 0 aromatic heterocycles. The third kappa shape index (κ3) is 5.29. The fourth-order valence-corrected chi connectivity index (χ4v) is 3.49. The molecule has 0 aliphatic rings. The fourth-order valence-electron chi connectivity index (χ4n) is 1.70. The van der Waals surface area contributed by atoms with Crippen molar-refractivity contribution in [3.05, 3.63) is 60.2 Å². The van der Waals surface area contributed by atoms with E-state index in [9.17, 15) is 22.0 Å². The summed E-state index contributed by atoms with van der Waals surface area (Å²) in [5.74, 6) is -1.45. The molecule has 0 aliphatic heterocycles. The largest absolute Gasteiger partial charge is 0.278 e. The number of rotatable bonds is 7. The van der Waals surface area contributed by atoms with Gasteiger partial charge < -0.3 is 0 Å². The Labute approximate surface area is 142 Å². The predicted octanol–water partition coefficient (Wildman–Crippen LogP) is 2.46. The average molecular weight is 372 g/mol. The van der Waals surface area contributed by atoms with Crippen LogP contribution < -0.4 is 10.3 Å². The molecule has 2 rings (SSSR count). The molecule has 0 aliphatic carbocycles. The molecule has 24 heavy (non-hydrogen) atoms. The van der Waals surface area contributed by atoms with E-state index >= 15 is 0 Å². The summed E-state index contributed by atoms with van der Waals surface area (Å²) in [7, 11) is -4.17. The molecule has 2 aromatic rings. The Kier molecular flexibility index (Phi) is 6.29. The lowest BCUT2D eigenvalue weighted by atomic mass is 10.4. The standard InChI is InChI=1S/C15H14F2N2O3S2/c16-11-5-7-12(8-6-11)23-10-9-15(20)18-19-24(21,22)14-4-2-1-3-13(14)17/h1-8,19H,9-10H2,(H,18,20). The average Bonchev–Trinajstić information content (AvgIpc) is 2.55. The number of halogens is 2. The molecular weight excluding hydrogens is 358 g/mol. The first kappa shape index (κ1) is 18.4. The van der Waals surface area contributed by atoms with Crippen LogP contribution in [0.1, 0.15) is 6.42 Å². The van der Waals surface area contributed by atoms with Gasteiger partial charge >= 0.3 is 0 Å². The summed E-state index contributed by atoms with van der Waals surface area (Å²) >= 11 is 1.32. The Balaban J connectivity index is 1.80. The first-order chi connectivity index (χ1) is 11.4. The van der Waals surface area contributed by atoms with Gasteiger partial charge in [-0.1, -0.05) is 12.1 Å². The SMILES string of the molecule is O=C(CCSc1ccc(F)cc1)NNS(=O)(=O)c1ccccc1F. The van der Waals surface area contributed by atoms with Gasteiger partial charge in [0.15, 0.2) is 0 Å². The Morgan fingerprint density at radius 1 is 1.04 bits per heavy atom. The molecule has 9 heteroatoms. The summed E-state index contributed by atoms with van der Waals surface area (Å²) in [4.78, 5) is 13.7. The second kappa shape index (κ2) is 8.22. The van der Waals surface area contributed by atoms with Crippen LogP contribution in [0.3, 0.4) is 0 Å². The highest BCUT2D eigenvalue weighted by atomic mass is 32.2. The maximum atomic E-state index is 13.5. The second-order valence-electron chi connectivity index (χ2n) is 4.64. The molecular formula is C15H14F2N2O3S2. The van der Waals surface area contributed by atoms with Crippen molar-refractivity contribution in [2.24, 2.45) is 0 Å². The number of hydrazine groups is 1. The van der Waals surface area contributed by atoms with Crippen LogP contribution in [0, 0.1) is 11.6 Å². The predicted molar refractivity (Wildman–Crippen MR) is 86.6 cm³/mol. The van der Waals surface area contributed by atoms with Gasteiger partial charge in [-0.05, 0) is 36.4 Å². The number of benzene rings is 2. The van der Waals surface area contributed by atoms with Crippen molar-refractivity contribution in [1.82, 2.24) is 10.3 Å². The van der Waals surface area contributed by atoms with Crippen LogP contribution >= 0.6 is 11.8 Å². The normalized spacial score (nSPS) is 11.2. The molecule has 1 amide bonds. The van der Waals surface area contributed by atoms with E-state index in [-0.39, 0.29) is 12.2 Å². The number of thioether (sulfide) groups is 1. The summed E-state index contributed by atoms with van der Waals surface area (Å²) < 4.78 is 50.0. The smallest absolute Gasteiger partial charge is 0.260 e. The molecule has 2 N–H and O–H groups in total. The van der Waals surface area contributed by atoms with E-state index in [4.69, 9.17) is 0 Å². The lowest BCUT2D eigenvalue weighted by Gasteiger charge is -2.09. The number of amides is 1. The first-order valence-corrected chi connectivity index (χ1v) is 9.29. The molecule has 0 saturated heterocycles. The van der Waals surface area contributed by atoms with Gasteiger partial charge in [0.2, 0.25) is 5.91 Å². The third-order valence-corrected chi connectivity index (χ3v) is 5.16.